The molecule has 0 saturated carbocycles. The van der Waals surface area contributed by atoms with E-state index in [2.05, 4.69) is 38.3 Å². The molecule has 0 aliphatic carbocycles. The summed E-state index contributed by atoms with van der Waals surface area (Å²) < 4.78 is 0. The van der Waals surface area contributed by atoms with Crippen LogP contribution in [0, 0.1) is 0 Å². The first-order chi connectivity index (χ1) is 12.8. The van der Waals surface area contributed by atoms with E-state index >= 15 is 0 Å². The van der Waals surface area contributed by atoms with Crippen molar-refractivity contribution < 1.29 is 0 Å². The summed E-state index contributed by atoms with van der Waals surface area (Å²) in [6.07, 6.45) is 21.5. The van der Waals surface area contributed by atoms with Gasteiger partial charge in [-0.25, -0.2) is 0 Å². The first-order valence-corrected chi connectivity index (χ1v) is 12.1. The van der Waals surface area contributed by atoms with Crippen molar-refractivity contribution in [3.05, 3.63) is 10.6 Å². The van der Waals surface area contributed by atoms with Crippen LogP contribution in [-0.4, -0.2) is 49.2 Å². The molecule has 0 aromatic rings. The smallest absolute Gasteiger partial charge is 0.662 e. The zero-order valence-corrected chi connectivity index (χ0v) is 21.2. The molecule has 0 aliphatic rings. The van der Waals surface area contributed by atoms with E-state index in [1.807, 2.05) is 0 Å². The molecule has 2 nitrogen and oxygen atoms in total. The standard InChI is InChI=1S/2C12H26N.Mg/c2*1-3-5-7-9-11-13-12-10-8-6-4-2;/h2*3-12H2,1-2H3;/q2*-1;+2. The van der Waals surface area contributed by atoms with Crippen LogP contribution in [-0.2, 0) is 0 Å². The van der Waals surface area contributed by atoms with Crippen LogP contribution >= 0.6 is 0 Å². The molecule has 27 heavy (non-hydrogen) atoms. The predicted octanol–water partition coefficient (Wildman–Crippen LogP) is 8.66. The van der Waals surface area contributed by atoms with Gasteiger partial charge in [0.2, 0.25) is 0 Å². The van der Waals surface area contributed by atoms with Crippen LogP contribution in [0.15, 0.2) is 0 Å². The quantitative estimate of drug-likeness (QED) is 0.146. The van der Waals surface area contributed by atoms with Gasteiger partial charge in [0.1, 0.15) is 0 Å². The molecule has 0 aliphatic heterocycles. The molecule has 0 radical (unpaired) electrons. The summed E-state index contributed by atoms with van der Waals surface area (Å²) in [5, 5.41) is 9.03. The molecule has 0 spiro atoms. The summed E-state index contributed by atoms with van der Waals surface area (Å²) in [5.74, 6) is 0. The van der Waals surface area contributed by atoms with Crippen LogP contribution in [0.5, 0.6) is 0 Å². The van der Waals surface area contributed by atoms with Crippen LogP contribution in [0.25, 0.3) is 10.6 Å². The molecule has 3 heteroatoms. The van der Waals surface area contributed by atoms with Gasteiger partial charge in [-0.1, -0.05) is 130 Å². The minimum Gasteiger partial charge on any atom is -0.662 e. The Morgan fingerprint density at radius 2 is 0.556 bits per heavy atom. The van der Waals surface area contributed by atoms with Crippen molar-refractivity contribution in [3.63, 3.8) is 0 Å². The number of nitrogens with zero attached hydrogens (tertiary/aromatic N) is 2. The molecule has 0 unspecified atom stereocenters. The fourth-order valence-electron chi connectivity index (χ4n) is 2.83. The monoisotopic (exact) mass is 392 g/mol. The van der Waals surface area contributed by atoms with Crippen molar-refractivity contribution in [2.75, 3.05) is 26.2 Å². The van der Waals surface area contributed by atoms with E-state index in [0.29, 0.717) is 0 Å². The van der Waals surface area contributed by atoms with Gasteiger partial charge in [-0.3, -0.25) is 0 Å². The van der Waals surface area contributed by atoms with Gasteiger partial charge in [0.15, 0.2) is 0 Å². The van der Waals surface area contributed by atoms with Crippen molar-refractivity contribution in [1.82, 2.24) is 0 Å². The second kappa shape index (κ2) is 34.2. The molecular weight excluding hydrogens is 341 g/mol. The van der Waals surface area contributed by atoms with Gasteiger partial charge < -0.3 is 10.6 Å². The SMILES string of the molecule is CCCCCC[N-]CCCCCC.CCCCCC[N-]CCCCCC.[Mg+2]. The first kappa shape index (κ1) is 32.4. The molecule has 0 aromatic heterocycles. The van der Waals surface area contributed by atoms with Gasteiger partial charge in [0.25, 0.3) is 0 Å². The molecule has 0 bridgehead atoms. The number of rotatable bonds is 20. The Morgan fingerprint density at radius 1 is 0.333 bits per heavy atom. The zero-order valence-electron chi connectivity index (χ0n) is 19.7. The van der Waals surface area contributed by atoms with Crippen molar-refractivity contribution in [3.8, 4) is 0 Å². The fraction of sp³-hybridized carbons (Fsp3) is 1.00. The maximum absolute atomic E-state index is 4.51. The van der Waals surface area contributed by atoms with Crippen LogP contribution in [0.2, 0.25) is 0 Å². The minimum absolute atomic E-state index is 0. The van der Waals surface area contributed by atoms with Crippen molar-refractivity contribution in [2.45, 2.75) is 130 Å². The Morgan fingerprint density at radius 3 is 0.741 bits per heavy atom. The molecule has 0 aromatic carbocycles. The maximum Gasteiger partial charge on any atom is 2.00 e. The molecule has 0 saturated heterocycles. The third-order valence-corrected chi connectivity index (χ3v) is 4.68. The Kier molecular flexibility index (Phi) is 41.0. The van der Waals surface area contributed by atoms with E-state index in [1.54, 1.807) is 0 Å². The number of hydrogen-bond donors (Lipinski definition) is 0. The minimum atomic E-state index is 0. The van der Waals surface area contributed by atoms with E-state index in [0.717, 1.165) is 26.2 Å². The van der Waals surface area contributed by atoms with E-state index in [9.17, 15) is 0 Å². The number of hydrogen-bond acceptors (Lipinski definition) is 0. The summed E-state index contributed by atoms with van der Waals surface area (Å²) in [6.45, 7) is 13.4. The summed E-state index contributed by atoms with van der Waals surface area (Å²) in [5.41, 5.74) is 0. The van der Waals surface area contributed by atoms with E-state index < -0.39 is 0 Å². The summed E-state index contributed by atoms with van der Waals surface area (Å²) >= 11 is 0. The Bertz CT molecular complexity index is 171. The van der Waals surface area contributed by atoms with Gasteiger partial charge in [0.05, 0.1) is 0 Å². The van der Waals surface area contributed by atoms with Gasteiger partial charge in [-0.15, -0.1) is 26.2 Å². The van der Waals surface area contributed by atoms with E-state index in [4.69, 9.17) is 0 Å². The molecule has 0 fully saturated rings. The topological polar surface area (TPSA) is 28.2 Å². The Hall–Kier alpha value is 0.686. The number of unbranched alkanes of at least 4 members (excludes halogenated alkanes) is 12. The van der Waals surface area contributed by atoms with Crippen LogP contribution in [0.3, 0.4) is 0 Å². The van der Waals surface area contributed by atoms with E-state index in [-0.39, 0.29) is 23.1 Å². The van der Waals surface area contributed by atoms with Gasteiger partial charge in [-0.2, -0.15) is 0 Å². The molecule has 0 atom stereocenters. The molecule has 0 N–H and O–H groups in total. The predicted molar refractivity (Wildman–Crippen MR) is 129 cm³/mol. The summed E-state index contributed by atoms with van der Waals surface area (Å²) in [4.78, 5) is 0. The Balaban J connectivity index is -0.000000411. The average Bonchev–Trinajstić information content (AvgIpc) is 2.66. The average molecular weight is 393 g/mol. The van der Waals surface area contributed by atoms with Crippen LogP contribution in [0.4, 0.5) is 0 Å². The second-order valence-corrected chi connectivity index (χ2v) is 7.58. The second-order valence-electron chi connectivity index (χ2n) is 7.58. The third kappa shape index (κ3) is 38.0. The largest absolute Gasteiger partial charge is 2.00 e. The molecule has 0 heterocycles. The summed E-state index contributed by atoms with van der Waals surface area (Å²) in [6, 6.07) is 0. The van der Waals surface area contributed by atoms with Gasteiger partial charge in [-0.05, 0) is 0 Å². The van der Waals surface area contributed by atoms with Gasteiger partial charge >= 0.3 is 23.1 Å². The summed E-state index contributed by atoms with van der Waals surface area (Å²) in [7, 11) is 0. The molecule has 0 amide bonds. The maximum atomic E-state index is 4.51. The normalized spacial score (nSPS) is 10.2. The Labute approximate surface area is 190 Å². The van der Waals surface area contributed by atoms with Crippen molar-refractivity contribution in [2.24, 2.45) is 0 Å². The van der Waals surface area contributed by atoms with Crippen LogP contribution < -0.4 is 0 Å². The zero-order chi connectivity index (χ0) is 19.6. The fourth-order valence-corrected chi connectivity index (χ4v) is 2.83. The molecule has 160 valence electrons. The van der Waals surface area contributed by atoms with Crippen LogP contribution in [0.1, 0.15) is 130 Å². The van der Waals surface area contributed by atoms with E-state index in [1.165, 1.54) is 103 Å². The first-order valence-electron chi connectivity index (χ1n) is 12.1. The molecule has 0 rings (SSSR count). The molecular formula is C24H52MgN2. The van der Waals surface area contributed by atoms with Crippen molar-refractivity contribution >= 4 is 23.1 Å². The van der Waals surface area contributed by atoms with Crippen molar-refractivity contribution in [1.29, 1.82) is 0 Å². The van der Waals surface area contributed by atoms with Gasteiger partial charge in [0, 0.05) is 0 Å². The third-order valence-electron chi connectivity index (χ3n) is 4.68.